The van der Waals surface area contributed by atoms with Crippen molar-refractivity contribution in [3.63, 3.8) is 0 Å². The number of carboxylic acids is 1. The first-order valence-electron chi connectivity index (χ1n) is 5.90. The molecule has 0 saturated heterocycles. The van der Waals surface area contributed by atoms with E-state index >= 15 is 0 Å². The van der Waals surface area contributed by atoms with Gasteiger partial charge in [0.2, 0.25) is 0 Å². The number of carbonyl (C=O) groups is 1. The molecule has 4 nitrogen and oxygen atoms in total. The third-order valence-electron chi connectivity index (χ3n) is 2.90. The van der Waals surface area contributed by atoms with Gasteiger partial charge in [-0.25, -0.2) is 0 Å². The molecule has 1 heterocycles. The molecule has 0 atom stereocenters. The van der Waals surface area contributed by atoms with E-state index in [-0.39, 0.29) is 6.42 Å². The zero-order chi connectivity index (χ0) is 12.1. The molecule has 17 heavy (non-hydrogen) atoms. The van der Waals surface area contributed by atoms with Gasteiger partial charge in [0.15, 0.2) is 0 Å². The fraction of sp³-hybridized carbons (Fsp3) is 0.462. The van der Waals surface area contributed by atoms with Gasteiger partial charge in [0.05, 0.1) is 0 Å². The molecule has 1 N–H and O–H groups in total. The highest BCUT2D eigenvalue weighted by Crippen LogP contribution is 2.22. The third-order valence-corrected chi connectivity index (χ3v) is 2.90. The highest BCUT2D eigenvalue weighted by atomic mass is 16.5. The summed E-state index contributed by atoms with van der Waals surface area (Å²) < 4.78 is 5.65. The summed E-state index contributed by atoms with van der Waals surface area (Å²) in [5.74, 6) is 0.227. The van der Waals surface area contributed by atoms with Crippen LogP contribution in [0.25, 0.3) is 0 Å². The third kappa shape index (κ3) is 3.46. The summed E-state index contributed by atoms with van der Waals surface area (Å²) in [7, 11) is 0. The van der Waals surface area contributed by atoms with E-state index < -0.39 is 5.97 Å². The molecule has 92 valence electrons. The van der Waals surface area contributed by atoms with Crippen LogP contribution in [-0.4, -0.2) is 35.7 Å². The lowest BCUT2D eigenvalue weighted by molar-refractivity contribution is -0.137. The van der Waals surface area contributed by atoms with Crippen LogP contribution in [0.3, 0.4) is 0 Å². The molecule has 0 aromatic heterocycles. The molecule has 1 aliphatic heterocycles. The molecular weight excluding hydrogens is 218 g/mol. The Labute approximate surface area is 101 Å². The SMILES string of the molecule is O=C(O)CCCN1CCOc2ccccc2C1. The molecular formula is C13H17NO3. The zero-order valence-electron chi connectivity index (χ0n) is 9.76. The van der Waals surface area contributed by atoms with Gasteiger partial charge in [0.1, 0.15) is 12.4 Å². The number of carboxylic acid groups (broad SMARTS) is 1. The van der Waals surface area contributed by atoms with Crippen LogP contribution in [0.15, 0.2) is 24.3 Å². The Morgan fingerprint density at radius 1 is 1.41 bits per heavy atom. The summed E-state index contributed by atoms with van der Waals surface area (Å²) in [5, 5.41) is 8.61. The van der Waals surface area contributed by atoms with Crippen molar-refractivity contribution in [3.8, 4) is 5.75 Å². The molecule has 2 rings (SSSR count). The Morgan fingerprint density at radius 3 is 3.06 bits per heavy atom. The molecule has 0 fully saturated rings. The molecule has 1 aromatic carbocycles. The lowest BCUT2D eigenvalue weighted by Gasteiger charge is -2.18. The lowest BCUT2D eigenvalue weighted by atomic mass is 10.2. The second-order valence-corrected chi connectivity index (χ2v) is 4.23. The Kier molecular flexibility index (Phi) is 3.98. The maximum atomic E-state index is 10.5. The predicted octanol–water partition coefficient (Wildman–Crippen LogP) is 1.75. The van der Waals surface area contributed by atoms with E-state index in [9.17, 15) is 4.79 Å². The van der Waals surface area contributed by atoms with Crippen molar-refractivity contribution in [1.82, 2.24) is 4.90 Å². The van der Waals surface area contributed by atoms with Gasteiger partial charge in [0.25, 0.3) is 0 Å². The molecule has 4 heteroatoms. The zero-order valence-corrected chi connectivity index (χ0v) is 9.76. The lowest BCUT2D eigenvalue weighted by Crippen LogP contribution is -2.27. The summed E-state index contributed by atoms with van der Waals surface area (Å²) in [4.78, 5) is 12.7. The van der Waals surface area contributed by atoms with E-state index in [1.807, 2.05) is 18.2 Å². The normalized spacial score (nSPS) is 15.8. The van der Waals surface area contributed by atoms with Crippen molar-refractivity contribution in [2.24, 2.45) is 0 Å². The Hall–Kier alpha value is -1.55. The van der Waals surface area contributed by atoms with Gasteiger partial charge in [0, 0.05) is 25.1 Å². The number of para-hydroxylation sites is 1. The smallest absolute Gasteiger partial charge is 0.303 e. The molecule has 1 aliphatic rings. The minimum absolute atomic E-state index is 0.235. The topological polar surface area (TPSA) is 49.8 Å². The summed E-state index contributed by atoms with van der Waals surface area (Å²) >= 11 is 0. The standard InChI is InChI=1S/C13H17NO3/c15-13(16)6-3-7-14-8-9-17-12-5-2-1-4-11(12)10-14/h1-2,4-5H,3,6-10H2,(H,15,16). The first-order chi connectivity index (χ1) is 8.25. The van der Waals surface area contributed by atoms with Crippen LogP contribution in [-0.2, 0) is 11.3 Å². The molecule has 0 spiro atoms. The van der Waals surface area contributed by atoms with Crippen LogP contribution in [0.4, 0.5) is 0 Å². The number of hydrogen-bond donors (Lipinski definition) is 1. The average Bonchev–Trinajstić information content (AvgIpc) is 2.50. The highest BCUT2D eigenvalue weighted by Gasteiger charge is 2.14. The van der Waals surface area contributed by atoms with E-state index in [4.69, 9.17) is 9.84 Å². The fourth-order valence-electron chi connectivity index (χ4n) is 2.02. The molecule has 0 amide bonds. The molecule has 1 aromatic rings. The fourth-order valence-corrected chi connectivity index (χ4v) is 2.02. The van der Waals surface area contributed by atoms with Crippen molar-refractivity contribution in [2.75, 3.05) is 19.7 Å². The van der Waals surface area contributed by atoms with Crippen LogP contribution in [0, 0.1) is 0 Å². The molecule has 0 aliphatic carbocycles. The summed E-state index contributed by atoms with van der Waals surface area (Å²) in [5.41, 5.74) is 1.18. The quantitative estimate of drug-likeness (QED) is 0.863. The van der Waals surface area contributed by atoms with Crippen molar-refractivity contribution >= 4 is 5.97 Å². The summed E-state index contributed by atoms with van der Waals surface area (Å²) in [6.07, 6.45) is 0.927. The number of benzene rings is 1. The van der Waals surface area contributed by atoms with Crippen molar-refractivity contribution in [3.05, 3.63) is 29.8 Å². The van der Waals surface area contributed by atoms with Crippen molar-refractivity contribution < 1.29 is 14.6 Å². The van der Waals surface area contributed by atoms with Crippen LogP contribution in [0.1, 0.15) is 18.4 Å². The minimum atomic E-state index is -0.725. The highest BCUT2D eigenvalue weighted by molar-refractivity contribution is 5.66. The second kappa shape index (κ2) is 5.68. The van der Waals surface area contributed by atoms with Gasteiger partial charge in [-0.15, -0.1) is 0 Å². The van der Waals surface area contributed by atoms with Crippen molar-refractivity contribution in [1.29, 1.82) is 0 Å². The number of aliphatic carboxylic acids is 1. The number of fused-ring (bicyclic) bond motifs is 1. The number of hydrogen-bond acceptors (Lipinski definition) is 3. The molecule has 0 unspecified atom stereocenters. The number of ether oxygens (including phenoxy) is 1. The van der Waals surface area contributed by atoms with Crippen LogP contribution < -0.4 is 4.74 Å². The van der Waals surface area contributed by atoms with Crippen LogP contribution in [0.2, 0.25) is 0 Å². The summed E-state index contributed by atoms with van der Waals surface area (Å²) in [6, 6.07) is 8.02. The van der Waals surface area contributed by atoms with Gasteiger partial charge >= 0.3 is 5.97 Å². The Balaban J connectivity index is 1.91. The molecule has 0 radical (unpaired) electrons. The number of rotatable bonds is 4. The monoisotopic (exact) mass is 235 g/mol. The molecule has 0 bridgehead atoms. The van der Waals surface area contributed by atoms with Gasteiger partial charge in [-0.2, -0.15) is 0 Å². The largest absolute Gasteiger partial charge is 0.492 e. The van der Waals surface area contributed by atoms with Gasteiger partial charge in [-0.1, -0.05) is 18.2 Å². The Bertz CT molecular complexity index is 392. The maximum Gasteiger partial charge on any atom is 0.303 e. The average molecular weight is 235 g/mol. The van der Waals surface area contributed by atoms with Gasteiger partial charge < -0.3 is 9.84 Å². The van der Waals surface area contributed by atoms with E-state index in [2.05, 4.69) is 11.0 Å². The van der Waals surface area contributed by atoms with E-state index in [0.717, 1.165) is 25.4 Å². The van der Waals surface area contributed by atoms with Crippen molar-refractivity contribution in [2.45, 2.75) is 19.4 Å². The van der Waals surface area contributed by atoms with E-state index in [1.54, 1.807) is 0 Å². The van der Waals surface area contributed by atoms with Crippen LogP contribution in [0.5, 0.6) is 5.75 Å². The second-order valence-electron chi connectivity index (χ2n) is 4.23. The predicted molar refractivity (Wildman–Crippen MR) is 64.1 cm³/mol. The van der Waals surface area contributed by atoms with E-state index in [0.29, 0.717) is 13.0 Å². The first kappa shape index (κ1) is 11.9. The summed E-state index contributed by atoms with van der Waals surface area (Å²) in [6.45, 7) is 3.18. The minimum Gasteiger partial charge on any atom is -0.492 e. The maximum absolute atomic E-state index is 10.5. The van der Waals surface area contributed by atoms with Gasteiger partial charge in [-0.3, -0.25) is 9.69 Å². The first-order valence-corrected chi connectivity index (χ1v) is 5.90. The number of nitrogens with zero attached hydrogens (tertiary/aromatic N) is 1. The van der Waals surface area contributed by atoms with Gasteiger partial charge in [-0.05, 0) is 19.0 Å². The molecule has 0 saturated carbocycles. The van der Waals surface area contributed by atoms with E-state index in [1.165, 1.54) is 5.56 Å². The van der Waals surface area contributed by atoms with Crippen LogP contribution >= 0.6 is 0 Å². The Morgan fingerprint density at radius 2 is 2.24 bits per heavy atom.